The Bertz CT molecular complexity index is 2940. The Morgan fingerprint density at radius 1 is 0.369 bits per heavy atom. The van der Waals surface area contributed by atoms with Crippen molar-refractivity contribution < 1.29 is 19.5 Å². The summed E-state index contributed by atoms with van der Waals surface area (Å²) in [5.41, 5.74) is 16.8. The van der Waals surface area contributed by atoms with Crippen LogP contribution in [0.3, 0.4) is 0 Å². The maximum absolute atomic E-state index is 9.40. The van der Waals surface area contributed by atoms with E-state index in [0.717, 1.165) is 112 Å². The number of hydrogen-bond acceptors (Lipinski definition) is 10. The van der Waals surface area contributed by atoms with Crippen molar-refractivity contribution in [1.82, 2.24) is 19.9 Å². The monoisotopic (exact) mass is 960 g/mol. The quantitative estimate of drug-likeness (QED) is 0.0847. The van der Waals surface area contributed by atoms with Crippen LogP contribution in [0.5, 0.6) is 0 Å². The van der Waals surface area contributed by atoms with Gasteiger partial charge in [0.25, 0.3) is 0 Å². The fourth-order valence-electron chi connectivity index (χ4n) is 8.00. The minimum atomic E-state index is 0. The van der Waals surface area contributed by atoms with Gasteiger partial charge in [0.15, 0.2) is 0 Å². The van der Waals surface area contributed by atoms with Crippen molar-refractivity contribution in [2.45, 2.75) is 23.0 Å². The minimum absolute atomic E-state index is 0. The van der Waals surface area contributed by atoms with Gasteiger partial charge in [-0.2, -0.15) is 21.0 Å². The largest absolute Gasteiger partial charge is 2.00 e. The van der Waals surface area contributed by atoms with E-state index in [-0.39, 0.29) is 19.5 Å². The van der Waals surface area contributed by atoms with E-state index >= 15 is 0 Å². The number of thioether (sulfide) groups is 4. The van der Waals surface area contributed by atoms with E-state index in [1.807, 2.05) is 97.1 Å². The Morgan fingerprint density at radius 2 is 0.615 bits per heavy atom. The molecular weight excluding hydrogens is 930 g/mol. The van der Waals surface area contributed by atoms with E-state index in [0.29, 0.717) is 23.0 Å². The average Bonchev–Trinajstić information content (AvgIpc) is 4.18. The number of fused-ring (bicyclic) bond motifs is 8. The SMILES string of the molecule is N#CSCc1cccc(-c2c3nc(c(-c4cccc(CSC#N)c4)c4ccc([n-]4)c(-c4cccc(CSC#N)c4)c4nc(c(-c5cccc(CSC#N)c5)c5ccc2[n-]5)C=C4)C=C3)c1.[Zn+2]. The van der Waals surface area contributed by atoms with Crippen LogP contribution < -0.4 is 9.97 Å². The van der Waals surface area contributed by atoms with Crippen LogP contribution in [0.2, 0.25) is 0 Å². The first kappa shape index (κ1) is 45.0. The molecule has 0 amide bonds. The third-order valence-corrected chi connectivity index (χ3v) is 13.1. The van der Waals surface area contributed by atoms with Crippen LogP contribution in [0.15, 0.2) is 121 Å². The van der Waals surface area contributed by atoms with Crippen LogP contribution in [0.1, 0.15) is 45.0 Å². The maximum Gasteiger partial charge on any atom is 2.00 e. The Labute approximate surface area is 406 Å². The molecule has 0 spiro atoms. The summed E-state index contributed by atoms with van der Waals surface area (Å²) < 4.78 is 0. The van der Waals surface area contributed by atoms with Gasteiger partial charge < -0.3 is 9.97 Å². The van der Waals surface area contributed by atoms with E-state index in [9.17, 15) is 21.0 Å². The molecule has 4 aromatic carbocycles. The predicted molar refractivity (Wildman–Crippen MR) is 266 cm³/mol. The van der Waals surface area contributed by atoms with Gasteiger partial charge in [0.05, 0.1) is 22.8 Å². The van der Waals surface area contributed by atoms with Gasteiger partial charge in [-0.15, -0.1) is 22.1 Å². The third-order valence-electron chi connectivity index (χ3n) is 10.7. The predicted octanol–water partition coefficient (Wildman–Crippen LogP) is 13.4. The summed E-state index contributed by atoms with van der Waals surface area (Å²) in [4.78, 5) is 21.6. The summed E-state index contributed by atoms with van der Waals surface area (Å²) in [5.74, 6) is 2.13. The second-order valence-corrected chi connectivity index (χ2v) is 17.7. The Hall–Kier alpha value is -6.54. The molecule has 0 fully saturated rings. The number of rotatable bonds is 12. The summed E-state index contributed by atoms with van der Waals surface area (Å²) >= 11 is 4.77. The Kier molecular flexibility index (Phi) is 14.5. The van der Waals surface area contributed by atoms with E-state index in [1.165, 1.54) is 47.0 Å². The number of thiocyanates is 4. The van der Waals surface area contributed by atoms with Crippen LogP contribution in [-0.2, 0) is 42.5 Å². The van der Waals surface area contributed by atoms with Gasteiger partial charge in [-0.25, -0.2) is 9.97 Å². The van der Waals surface area contributed by atoms with Crippen LogP contribution in [0.25, 0.3) is 90.9 Å². The summed E-state index contributed by atoms with van der Waals surface area (Å²) in [6.07, 6.45) is 8.11. The van der Waals surface area contributed by atoms with Gasteiger partial charge in [0.1, 0.15) is 21.6 Å². The molecule has 0 radical (unpaired) electrons. The van der Waals surface area contributed by atoms with Gasteiger partial charge in [-0.3, -0.25) is 0 Å². The van der Waals surface area contributed by atoms with Crippen molar-refractivity contribution >= 4 is 93.4 Å². The number of nitrogens with zero attached hydrogens (tertiary/aromatic N) is 8. The molecule has 8 nitrogen and oxygen atoms in total. The minimum Gasteiger partial charge on any atom is -0.657 e. The van der Waals surface area contributed by atoms with E-state index in [2.05, 4.69) is 70.1 Å². The maximum atomic E-state index is 9.40. The summed E-state index contributed by atoms with van der Waals surface area (Å²) in [5, 5.41) is 46.4. The Morgan fingerprint density at radius 3 is 0.846 bits per heavy atom. The van der Waals surface area contributed by atoms with Crippen LogP contribution in [0.4, 0.5) is 0 Å². The fourth-order valence-corrected chi connectivity index (χ4v) is 9.64. The van der Waals surface area contributed by atoms with Crippen molar-refractivity contribution in [3.05, 3.63) is 166 Å². The molecule has 306 valence electrons. The molecule has 7 aromatic rings. The van der Waals surface area contributed by atoms with Crippen molar-refractivity contribution in [1.29, 1.82) is 21.0 Å². The van der Waals surface area contributed by atoms with Gasteiger partial charge >= 0.3 is 19.5 Å². The molecule has 0 saturated heterocycles. The molecule has 0 atom stereocenters. The summed E-state index contributed by atoms with van der Waals surface area (Å²) in [6, 6.07) is 40.8. The molecule has 3 aromatic heterocycles. The fraction of sp³-hybridized carbons (Fsp3) is 0.0769. The number of benzene rings is 4. The second kappa shape index (κ2) is 21.0. The number of aromatic nitrogens is 4. The summed E-state index contributed by atoms with van der Waals surface area (Å²) in [6.45, 7) is 0. The first-order valence-electron chi connectivity index (χ1n) is 20.0. The smallest absolute Gasteiger partial charge is 0.657 e. The molecule has 8 bridgehead atoms. The van der Waals surface area contributed by atoms with Crippen molar-refractivity contribution in [3.63, 3.8) is 0 Å². The molecule has 5 heterocycles. The van der Waals surface area contributed by atoms with Crippen LogP contribution >= 0.6 is 47.0 Å². The first-order chi connectivity index (χ1) is 31.5. The average molecular weight is 963 g/mol. The van der Waals surface area contributed by atoms with Crippen LogP contribution in [-0.4, -0.2) is 9.97 Å². The molecule has 0 aliphatic carbocycles. The molecular formula is C52H32N8S4Zn. The molecule has 9 rings (SSSR count). The van der Waals surface area contributed by atoms with E-state index in [4.69, 9.17) is 19.9 Å². The van der Waals surface area contributed by atoms with Gasteiger partial charge in [-0.05, 0) is 138 Å². The molecule has 2 aliphatic heterocycles. The second-order valence-electron chi connectivity index (χ2n) is 14.7. The molecule has 0 saturated carbocycles. The molecule has 0 unspecified atom stereocenters. The van der Waals surface area contributed by atoms with Gasteiger partial charge in [0, 0.05) is 23.0 Å². The molecule has 0 N–H and O–H groups in total. The first-order valence-corrected chi connectivity index (χ1v) is 23.9. The Balaban J connectivity index is 0.00000576. The van der Waals surface area contributed by atoms with E-state index < -0.39 is 0 Å². The van der Waals surface area contributed by atoms with Crippen molar-refractivity contribution in [2.75, 3.05) is 0 Å². The van der Waals surface area contributed by atoms with Crippen LogP contribution in [0, 0.1) is 42.7 Å². The van der Waals surface area contributed by atoms with Gasteiger partial charge in [0.2, 0.25) is 0 Å². The zero-order valence-electron chi connectivity index (χ0n) is 34.6. The van der Waals surface area contributed by atoms with Crippen molar-refractivity contribution in [2.24, 2.45) is 0 Å². The zero-order valence-corrected chi connectivity index (χ0v) is 40.8. The van der Waals surface area contributed by atoms with Crippen molar-refractivity contribution in [3.8, 4) is 66.1 Å². The number of hydrogen-bond donors (Lipinski definition) is 0. The molecule has 2 aliphatic rings. The van der Waals surface area contributed by atoms with E-state index in [1.54, 1.807) is 0 Å². The summed E-state index contributed by atoms with van der Waals surface area (Å²) in [7, 11) is 0. The standard InChI is InChI=1S/C52H32N8S4.Zn/c53-29-61-25-33-5-1-9-37(21-33)49-41-13-15-43(57-41)50(38-10-2-6-34(22-38)26-62-30-54)45-17-19-47(59-45)52(40-12-4-8-36(24-40)28-64-32-56)48-20-18-46(60-48)51(44-16-14-42(49)58-44)39-11-3-7-35(23-39)27-63-31-55;/h1-24H,25-28H2;/q-2;+2. The van der Waals surface area contributed by atoms with Gasteiger partial charge in [-0.1, -0.05) is 121 Å². The molecule has 13 heteroatoms. The molecule has 65 heavy (non-hydrogen) atoms. The topological polar surface area (TPSA) is 149 Å². The normalized spacial score (nSPS) is 11.3. The third kappa shape index (κ3) is 9.92. The zero-order chi connectivity index (χ0) is 43.8. The number of nitriles is 4.